The highest BCUT2D eigenvalue weighted by Crippen LogP contribution is 2.07. The molecule has 0 aliphatic heterocycles. The van der Waals surface area contributed by atoms with Gasteiger partial charge in [-0.3, -0.25) is 4.79 Å². The van der Waals surface area contributed by atoms with Crippen molar-refractivity contribution >= 4 is 17.8 Å². The summed E-state index contributed by atoms with van der Waals surface area (Å²) in [7, 11) is 0. The van der Waals surface area contributed by atoms with Crippen LogP contribution in [0.2, 0.25) is 0 Å². The van der Waals surface area contributed by atoms with Gasteiger partial charge >= 0.3 is 0 Å². The first kappa shape index (κ1) is 12.9. The molecule has 1 aromatic carbocycles. The molecular weight excluding hydrogens is 242 g/mol. The van der Waals surface area contributed by atoms with Gasteiger partial charge < -0.3 is 9.73 Å². The summed E-state index contributed by atoms with van der Waals surface area (Å²) in [5, 5.41) is 6.79. The molecule has 0 atom stereocenters. The largest absolute Gasteiger partial charge is 0.463 e. The van der Waals surface area contributed by atoms with Crippen molar-refractivity contribution in [3.63, 3.8) is 0 Å². The van der Waals surface area contributed by atoms with Gasteiger partial charge in [0, 0.05) is 5.69 Å². The number of hydrogen-bond donors (Lipinski definition) is 2. The number of amides is 1. The van der Waals surface area contributed by atoms with Crippen LogP contribution in [0.4, 0.5) is 5.69 Å². The molecule has 0 fully saturated rings. The molecule has 0 spiro atoms. The van der Waals surface area contributed by atoms with Crippen molar-refractivity contribution in [1.29, 1.82) is 0 Å². The first-order chi connectivity index (χ1) is 9.24. The van der Waals surface area contributed by atoms with E-state index in [-0.39, 0.29) is 12.5 Å². The Morgan fingerprint density at radius 3 is 2.79 bits per heavy atom. The van der Waals surface area contributed by atoms with Crippen LogP contribution in [0.25, 0.3) is 0 Å². The van der Waals surface area contributed by atoms with Crippen LogP contribution in [0.15, 0.2) is 52.2 Å². The highest BCUT2D eigenvalue weighted by Gasteiger charge is 1.99. The zero-order valence-electron chi connectivity index (χ0n) is 10.6. The molecule has 0 radical (unpaired) electrons. The molecule has 5 heteroatoms. The number of nitrogens with one attached hydrogen (secondary N) is 2. The van der Waals surface area contributed by atoms with Crippen molar-refractivity contribution in [3.8, 4) is 0 Å². The molecule has 98 valence electrons. The summed E-state index contributed by atoms with van der Waals surface area (Å²) in [5.41, 5.74) is 4.49. The first-order valence-corrected chi connectivity index (χ1v) is 5.90. The number of furan rings is 1. The quantitative estimate of drug-likeness (QED) is 0.637. The zero-order valence-corrected chi connectivity index (χ0v) is 10.6. The van der Waals surface area contributed by atoms with Crippen LogP contribution in [0.1, 0.15) is 11.3 Å². The second-order valence-corrected chi connectivity index (χ2v) is 4.03. The first-order valence-electron chi connectivity index (χ1n) is 5.90. The lowest BCUT2D eigenvalue weighted by atomic mass is 10.2. The summed E-state index contributed by atoms with van der Waals surface area (Å²) in [6.45, 7) is 2.18. The summed E-state index contributed by atoms with van der Waals surface area (Å²) in [4.78, 5) is 11.5. The van der Waals surface area contributed by atoms with Crippen LogP contribution in [-0.2, 0) is 4.79 Å². The maximum Gasteiger partial charge on any atom is 0.259 e. The van der Waals surface area contributed by atoms with Crippen LogP contribution in [0.3, 0.4) is 0 Å². The number of hydrogen-bond acceptors (Lipinski definition) is 4. The SMILES string of the molecule is Cc1ccc(NCC(=O)N/N=C/c2ccco2)cc1. The minimum absolute atomic E-state index is 0.165. The van der Waals surface area contributed by atoms with Gasteiger partial charge in [0.05, 0.1) is 19.0 Å². The lowest BCUT2D eigenvalue weighted by Gasteiger charge is -2.05. The van der Waals surface area contributed by atoms with Crippen LogP contribution in [-0.4, -0.2) is 18.7 Å². The third kappa shape index (κ3) is 4.31. The van der Waals surface area contributed by atoms with Crippen LogP contribution < -0.4 is 10.7 Å². The maximum absolute atomic E-state index is 11.5. The number of anilines is 1. The Morgan fingerprint density at radius 2 is 2.11 bits per heavy atom. The standard InChI is InChI=1S/C14H15N3O2/c1-11-4-6-12(7-5-11)15-10-14(18)17-16-9-13-3-2-8-19-13/h2-9,15H,10H2,1H3,(H,17,18)/b16-9+. The Morgan fingerprint density at radius 1 is 1.32 bits per heavy atom. The third-order valence-corrected chi connectivity index (χ3v) is 2.43. The highest BCUT2D eigenvalue weighted by molar-refractivity contribution is 5.83. The van der Waals surface area contributed by atoms with Gasteiger partial charge in [-0.2, -0.15) is 5.10 Å². The topological polar surface area (TPSA) is 66.6 Å². The Labute approximate surface area is 111 Å². The predicted octanol–water partition coefficient (Wildman–Crippen LogP) is 2.15. The summed E-state index contributed by atoms with van der Waals surface area (Å²) < 4.78 is 5.04. The number of aryl methyl sites for hydroxylation is 1. The average molecular weight is 257 g/mol. The van der Waals surface area contributed by atoms with Crippen LogP contribution in [0, 0.1) is 6.92 Å². The molecule has 0 bridgehead atoms. The second-order valence-electron chi connectivity index (χ2n) is 4.03. The fourth-order valence-electron chi connectivity index (χ4n) is 1.43. The van der Waals surface area contributed by atoms with Crippen molar-refractivity contribution in [2.45, 2.75) is 6.92 Å². The van der Waals surface area contributed by atoms with Gasteiger partial charge in [0.1, 0.15) is 5.76 Å². The van der Waals surface area contributed by atoms with E-state index in [2.05, 4.69) is 15.8 Å². The number of carbonyl (C=O) groups is 1. The lowest BCUT2D eigenvalue weighted by molar-refractivity contribution is -0.119. The molecule has 1 amide bonds. The smallest absolute Gasteiger partial charge is 0.259 e. The number of benzene rings is 1. The minimum Gasteiger partial charge on any atom is -0.463 e. The zero-order chi connectivity index (χ0) is 13.5. The molecule has 2 rings (SSSR count). The van der Waals surface area contributed by atoms with Gasteiger partial charge in [-0.1, -0.05) is 17.7 Å². The minimum atomic E-state index is -0.219. The van der Waals surface area contributed by atoms with Crippen molar-refractivity contribution in [3.05, 3.63) is 54.0 Å². The molecule has 0 saturated heterocycles. The number of rotatable bonds is 5. The molecule has 0 saturated carbocycles. The molecular formula is C14H15N3O2. The van der Waals surface area contributed by atoms with Gasteiger partial charge in [-0.15, -0.1) is 0 Å². The highest BCUT2D eigenvalue weighted by atomic mass is 16.3. The lowest BCUT2D eigenvalue weighted by Crippen LogP contribution is -2.25. The Hall–Kier alpha value is -2.56. The van der Waals surface area contributed by atoms with E-state index in [0.29, 0.717) is 5.76 Å². The monoisotopic (exact) mass is 257 g/mol. The number of carbonyl (C=O) groups excluding carboxylic acids is 1. The Kier molecular flexibility index (Phi) is 4.34. The van der Waals surface area contributed by atoms with E-state index in [4.69, 9.17) is 4.42 Å². The average Bonchev–Trinajstić information content (AvgIpc) is 2.91. The summed E-state index contributed by atoms with van der Waals surface area (Å²) in [6, 6.07) is 11.3. The van der Waals surface area contributed by atoms with Crippen molar-refractivity contribution in [1.82, 2.24) is 5.43 Å². The van der Waals surface area contributed by atoms with E-state index in [9.17, 15) is 4.79 Å². The second kappa shape index (κ2) is 6.39. The van der Waals surface area contributed by atoms with E-state index < -0.39 is 0 Å². The molecule has 2 N–H and O–H groups in total. The van der Waals surface area contributed by atoms with Crippen molar-refractivity contribution < 1.29 is 9.21 Å². The molecule has 1 aromatic heterocycles. The molecule has 19 heavy (non-hydrogen) atoms. The Balaban J connectivity index is 1.74. The molecule has 5 nitrogen and oxygen atoms in total. The van der Waals surface area contributed by atoms with E-state index in [1.54, 1.807) is 18.4 Å². The summed E-state index contributed by atoms with van der Waals surface area (Å²) >= 11 is 0. The predicted molar refractivity (Wildman–Crippen MR) is 74.1 cm³/mol. The van der Waals surface area contributed by atoms with Gasteiger partial charge in [-0.25, -0.2) is 5.43 Å². The fourth-order valence-corrected chi connectivity index (χ4v) is 1.43. The van der Waals surface area contributed by atoms with Crippen molar-refractivity contribution in [2.75, 3.05) is 11.9 Å². The molecule has 0 unspecified atom stereocenters. The molecule has 2 aromatic rings. The van der Waals surface area contributed by atoms with E-state index in [1.165, 1.54) is 11.8 Å². The third-order valence-electron chi connectivity index (χ3n) is 2.43. The van der Waals surface area contributed by atoms with Gasteiger partial charge in [0.2, 0.25) is 0 Å². The normalized spacial score (nSPS) is 10.6. The van der Waals surface area contributed by atoms with E-state index in [0.717, 1.165) is 5.69 Å². The van der Waals surface area contributed by atoms with E-state index >= 15 is 0 Å². The Bertz CT molecular complexity index is 545. The van der Waals surface area contributed by atoms with Gasteiger partial charge in [-0.05, 0) is 31.2 Å². The van der Waals surface area contributed by atoms with E-state index in [1.807, 2.05) is 31.2 Å². The van der Waals surface area contributed by atoms with Gasteiger partial charge in [0.15, 0.2) is 0 Å². The number of nitrogens with zero attached hydrogens (tertiary/aromatic N) is 1. The van der Waals surface area contributed by atoms with Crippen LogP contribution >= 0.6 is 0 Å². The summed E-state index contributed by atoms with van der Waals surface area (Å²) in [6.07, 6.45) is 2.99. The molecule has 0 aliphatic rings. The van der Waals surface area contributed by atoms with Crippen LogP contribution in [0.5, 0.6) is 0 Å². The fraction of sp³-hybridized carbons (Fsp3) is 0.143. The molecule has 0 aliphatic carbocycles. The maximum atomic E-state index is 11.5. The number of hydrazone groups is 1. The van der Waals surface area contributed by atoms with Crippen molar-refractivity contribution in [2.24, 2.45) is 5.10 Å². The van der Waals surface area contributed by atoms with Gasteiger partial charge in [0.25, 0.3) is 5.91 Å². The summed E-state index contributed by atoms with van der Waals surface area (Å²) in [5.74, 6) is 0.371. The molecule has 1 heterocycles.